The van der Waals surface area contributed by atoms with Crippen LogP contribution < -0.4 is 4.90 Å². The van der Waals surface area contributed by atoms with Gasteiger partial charge < -0.3 is 10.0 Å². The van der Waals surface area contributed by atoms with Gasteiger partial charge in [0.2, 0.25) is 0 Å². The van der Waals surface area contributed by atoms with Crippen LogP contribution in [0.3, 0.4) is 0 Å². The lowest BCUT2D eigenvalue weighted by Gasteiger charge is -2.38. The van der Waals surface area contributed by atoms with Gasteiger partial charge in [0.15, 0.2) is 0 Å². The van der Waals surface area contributed by atoms with Gasteiger partial charge in [-0.3, -0.25) is 9.69 Å². The van der Waals surface area contributed by atoms with Crippen LogP contribution in [0.2, 0.25) is 5.02 Å². The molecule has 0 radical (unpaired) electrons. The van der Waals surface area contributed by atoms with E-state index < -0.39 is 12.0 Å². The molecule has 1 unspecified atom stereocenters. The maximum atomic E-state index is 11.0. The van der Waals surface area contributed by atoms with Crippen molar-refractivity contribution in [1.29, 1.82) is 5.26 Å². The van der Waals surface area contributed by atoms with E-state index in [-0.39, 0.29) is 0 Å². The number of nitrogens with zero attached hydrogens (tertiary/aromatic N) is 3. The van der Waals surface area contributed by atoms with Crippen molar-refractivity contribution in [3.8, 4) is 6.07 Å². The van der Waals surface area contributed by atoms with Crippen molar-refractivity contribution in [2.45, 2.75) is 13.0 Å². The van der Waals surface area contributed by atoms with Crippen LogP contribution in [-0.2, 0) is 4.79 Å². The van der Waals surface area contributed by atoms with E-state index in [0.29, 0.717) is 36.8 Å². The van der Waals surface area contributed by atoms with Gasteiger partial charge in [0.25, 0.3) is 0 Å². The standard InChI is InChI=1S/C14H16ClN3O2/c1-10(14(19)20)17-5-7-18(8-6-17)13-4-2-3-12(15)11(13)9-16/h2-4,10H,5-8H2,1H3,(H,19,20). The second-order valence-corrected chi connectivity index (χ2v) is 5.19. The summed E-state index contributed by atoms with van der Waals surface area (Å²) in [5, 5.41) is 18.7. The van der Waals surface area contributed by atoms with E-state index in [1.165, 1.54) is 0 Å². The number of nitriles is 1. The highest BCUT2D eigenvalue weighted by molar-refractivity contribution is 6.32. The maximum Gasteiger partial charge on any atom is 0.320 e. The second-order valence-electron chi connectivity index (χ2n) is 4.78. The fourth-order valence-corrected chi connectivity index (χ4v) is 2.61. The number of halogens is 1. The van der Waals surface area contributed by atoms with Crippen LogP contribution in [-0.4, -0.2) is 48.2 Å². The minimum absolute atomic E-state index is 0.450. The van der Waals surface area contributed by atoms with Gasteiger partial charge in [-0.2, -0.15) is 5.26 Å². The molecule has 1 saturated heterocycles. The maximum absolute atomic E-state index is 11.0. The summed E-state index contributed by atoms with van der Waals surface area (Å²) in [6, 6.07) is 7.05. The van der Waals surface area contributed by atoms with Crippen LogP contribution in [0.5, 0.6) is 0 Å². The van der Waals surface area contributed by atoms with E-state index in [4.69, 9.17) is 16.7 Å². The van der Waals surface area contributed by atoms with Crippen molar-refractivity contribution in [1.82, 2.24) is 4.90 Å². The lowest BCUT2D eigenvalue weighted by atomic mass is 10.1. The molecule has 1 N–H and O–H groups in total. The zero-order valence-electron chi connectivity index (χ0n) is 11.2. The van der Waals surface area contributed by atoms with E-state index in [1.54, 1.807) is 13.0 Å². The highest BCUT2D eigenvalue weighted by Gasteiger charge is 2.26. The molecule has 0 saturated carbocycles. The summed E-state index contributed by atoms with van der Waals surface area (Å²) in [6.07, 6.45) is 0. The molecule has 1 atom stereocenters. The van der Waals surface area contributed by atoms with Crippen molar-refractivity contribution in [3.63, 3.8) is 0 Å². The molecule has 0 amide bonds. The van der Waals surface area contributed by atoms with Crippen molar-refractivity contribution in [2.24, 2.45) is 0 Å². The molecule has 5 nitrogen and oxygen atoms in total. The molecule has 1 aromatic carbocycles. The van der Waals surface area contributed by atoms with E-state index in [9.17, 15) is 10.1 Å². The third-order valence-corrected chi connectivity index (χ3v) is 3.98. The molecule has 2 rings (SSSR count). The number of carbonyl (C=O) groups is 1. The summed E-state index contributed by atoms with van der Waals surface area (Å²) in [5.74, 6) is -0.807. The Morgan fingerprint density at radius 1 is 1.40 bits per heavy atom. The summed E-state index contributed by atoms with van der Waals surface area (Å²) in [4.78, 5) is 15.0. The van der Waals surface area contributed by atoms with Crippen LogP contribution in [0.4, 0.5) is 5.69 Å². The largest absolute Gasteiger partial charge is 0.480 e. The first-order chi connectivity index (χ1) is 9.54. The zero-order valence-corrected chi connectivity index (χ0v) is 12.0. The van der Waals surface area contributed by atoms with Gasteiger partial charge in [0.1, 0.15) is 12.1 Å². The molecule has 0 aromatic heterocycles. The Labute approximate surface area is 123 Å². The quantitative estimate of drug-likeness (QED) is 0.920. The Kier molecular flexibility index (Phi) is 4.48. The average Bonchev–Trinajstić information content (AvgIpc) is 2.46. The molecule has 1 aliphatic heterocycles. The predicted octanol–water partition coefficient (Wildman–Crippen LogP) is 1.81. The van der Waals surface area contributed by atoms with Crippen LogP contribution in [0.25, 0.3) is 0 Å². The normalized spacial score (nSPS) is 17.6. The average molecular weight is 294 g/mol. The summed E-state index contributed by atoms with van der Waals surface area (Å²) in [6.45, 7) is 4.38. The smallest absolute Gasteiger partial charge is 0.320 e. The fourth-order valence-electron chi connectivity index (χ4n) is 2.39. The van der Waals surface area contributed by atoms with Gasteiger partial charge in [-0.15, -0.1) is 0 Å². The van der Waals surface area contributed by atoms with Gasteiger partial charge in [0, 0.05) is 26.2 Å². The Morgan fingerprint density at radius 3 is 2.60 bits per heavy atom. The van der Waals surface area contributed by atoms with Crippen molar-refractivity contribution >= 4 is 23.3 Å². The molecule has 1 heterocycles. The van der Waals surface area contributed by atoms with Gasteiger partial charge in [-0.05, 0) is 19.1 Å². The first kappa shape index (κ1) is 14.6. The molecular formula is C14H16ClN3O2. The van der Waals surface area contributed by atoms with Gasteiger partial charge >= 0.3 is 5.97 Å². The van der Waals surface area contributed by atoms with Crippen LogP contribution in [0, 0.1) is 11.3 Å². The molecular weight excluding hydrogens is 278 g/mol. The van der Waals surface area contributed by atoms with Crippen molar-refractivity contribution < 1.29 is 9.90 Å². The molecule has 1 fully saturated rings. The second kappa shape index (κ2) is 6.12. The third-order valence-electron chi connectivity index (χ3n) is 3.66. The molecule has 20 heavy (non-hydrogen) atoms. The van der Waals surface area contributed by atoms with Gasteiger partial charge in [-0.1, -0.05) is 17.7 Å². The number of rotatable bonds is 3. The number of benzene rings is 1. The summed E-state index contributed by atoms with van der Waals surface area (Å²) < 4.78 is 0. The summed E-state index contributed by atoms with van der Waals surface area (Å²) in [7, 11) is 0. The van der Waals surface area contributed by atoms with Crippen molar-refractivity contribution in [2.75, 3.05) is 31.1 Å². The Balaban J connectivity index is 2.10. The first-order valence-corrected chi connectivity index (χ1v) is 6.83. The van der Waals surface area contributed by atoms with E-state index >= 15 is 0 Å². The number of carboxylic acids is 1. The summed E-state index contributed by atoms with van der Waals surface area (Å²) >= 11 is 6.03. The topological polar surface area (TPSA) is 67.6 Å². The molecule has 106 valence electrons. The molecule has 1 aromatic rings. The lowest BCUT2D eigenvalue weighted by molar-refractivity contribution is -0.142. The monoisotopic (exact) mass is 293 g/mol. The number of hydrogen-bond acceptors (Lipinski definition) is 4. The summed E-state index contributed by atoms with van der Waals surface area (Å²) in [5.41, 5.74) is 1.30. The lowest BCUT2D eigenvalue weighted by Crippen LogP contribution is -2.51. The Bertz CT molecular complexity index is 548. The van der Waals surface area contributed by atoms with Crippen LogP contribution in [0.15, 0.2) is 18.2 Å². The number of piperazine rings is 1. The number of aliphatic carboxylic acids is 1. The number of carboxylic acid groups (broad SMARTS) is 1. The van der Waals surface area contributed by atoms with Crippen LogP contribution >= 0.6 is 11.6 Å². The molecule has 0 spiro atoms. The SMILES string of the molecule is CC(C(=O)O)N1CCN(c2cccc(Cl)c2C#N)CC1. The highest BCUT2D eigenvalue weighted by Crippen LogP contribution is 2.27. The zero-order chi connectivity index (χ0) is 14.7. The van der Waals surface area contributed by atoms with Crippen LogP contribution in [0.1, 0.15) is 12.5 Å². The fraction of sp³-hybridized carbons (Fsp3) is 0.429. The Morgan fingerprint density at radius 2 is 2.05 bits per heavy atom. The van der Waals surface area contributed by atoms with Gasteiger partial charge in [0.05, 0.1) is 16.3 Å². The molecule has 0 aliphatic carbocycles. The molecule has 1 aliphatic rings. The van der Waals surface area contributed by atoms with Crippen molar-refractivity contribution in [3.05, 3.63) is 28.8 Å². The minimum Gasteiger partial charge on any atom is -0.480 e. The van der Waals surface area contributed by atoms with E-state index in [2.05, 4.69) is 11.0 Å². The Hall–Kier alpha value is -1.77. The minimum atomic E-state index is -0.807. The van der Waals surface area contributed by atoms with E-state index in [0.717, 1.165) is 5.69 Å². The molecule has 0 bridgehead atoms. The number of hydrogen-bond donors (Lipinski definition) is 1. The van der Waals surface area contributed by atoms with Gasteiger partial charge in [-0.25, -0.2) is 0 Å². The first-order valence-electron chi connectivity index (χ1n) is 6.45. The third kappa shape index (κ3) is 2.87. The van der Waals surface area contributed by atoms with E-state index in [1.807, 2.05) is 17.0 Å². The predicted molar refractivity (Wildman–Crippen MR) is 77.1 cm³/mol. The highest BCUT2D eigenvalue weighted by atomic mass is 35.5. The number of anilines is 1. The molecule has 6 heteroatoms.